The van der Waals surface area contributed by atoms with Gasteiger partial charge in [0.25, 0.3) is 0 Å². The summed E-state index contributed by atoms with van der Waals surface area (Å²) in [6, 6.07) is 0. The molecule has 0 saturated carbocycles. The average Bonchev–Trinajstić information content (AvgIpc) is 2.78. The smallest absolute Gasteiger partial charge is 0.350 e. The van der Waals surface area contributed by atoms with Gasteiger partial charge in [-0.25, -0.2) is 0 Å². The molecule has 9 heteroatoms. The molecule has 1 rings (SSSR count). The summed E-state index contributed by atoms with van der Waals surface area (Å²) < 4.78 is 10.8. The predicted octanol–water partition coefficient (Wildman–Crippen LogP) is -0.0474. The molecule has 1 heterocycles. The van der Waals surface area contributed by atoms with Crippen molar-refractivity contribution in [2.24, 2.45) is 0 Å². The molecule has 0 radical (unpaired) electrons. The van der Waals surface area contributed by atoms with Crippen molar-refractivity contribution in [2.75, 3.05) is 27.4 Å². The van der Waals surface area contributed by atoms with Crippen LogP contribution in [-0.4, -0.2) is 48.0 Å². The van der Waals surface area contributed by atoms with Crippen LogP contribution in [0, 0.1) is 10.1 Å². The lowest BCUT2D eigenvalue weighted by molar-refractivity contribution is -0.385. The number of amides is 1. The lowest BCUT2D eigenvalue weighted by Crippen LogP contribution is -2.29. The van der Waals surface area contributed by atoms with Crippen LogP contribution < -0.4 is 10.1 Å². The number of carbonyl (C=O) groups is 1. The van der Waals surface area contributed by atoms with E-state index >= 15 is 0 Å². The molecular formula is C10H16N4O5. The lowest BCUT2D eigenvalue weighted by Gasteiger charge is -2.04. The minimum Gasteiger partial charge on any atom is -0.475 e. The molecule has 0 fully saturated rings. The predicted molar refractivity (Wildman–Crippen MR) is 64.9 cm³/mol. The van der Waals surface area contributed by atoms with Crippen LogP contribution in [0.2, 0.25) is 0 Å². The second-order valence-corrected chi connectivity index (χ2v) is 3.67. The Labute approximate surface area is 109 Å². The van der Waals surface area contributed by atoms with E-state index in [9.17, 15) is 14.9 Å². The van der Waals surface area contributed by atoms with E-state index in [0.29, 0.717) is 19.6 Å². The summed E-state index contributed by atoms with van der Waals surface area (Å²) in [6.07, 6.45) is 1.86. The van der Waals surface area contributed by atoms with E-state index < -0.39 is 4.92 Å². The van der Waals surface area contributed by atoms with Gasteiger partial charge >= 0.3 is 11.6 Å². The van der Waals surface area contributed by atoms with Crippen LogP contribution in [0.4, 0.5) is 5.69 Å². The van der Waals surface area contributed by atoms with Gasteiger partial charge in [0.05, 0.1) is 12.0 Å². The molecule has 0 atom stereocenters. The number of nitrogens with one attached hydrogen (secondary N) is 1. The number of nitrogens with zero attached hydrogens (tertiary/aromatic N) is 3. The van der Waals surface area contributed by atoms with Gasteiger partial charge in [-0.15, -0.1) is 5.10 Å². The van der Waals surface area contributed by atoms with Crippen molar-refractivity contribution >= 4 is 11.6 Å². The largest absolute Gasteiger partial charge is 0.475 e. The zero-order valence-corrected chi connectivity index (χ0v) is 10.8. The van der Waals surface area contributed by atoms with Crippen LogP contribution in [0.3, 0.4) is 0 Å². The van der Waals surface area contributed by atoms with Crippen LogP contribution in [0.15, 0.2) is 6.20 Å². The zero-order valence-electron chi connectivity index (χ0n) is 10.8. The Bertz CT molecular complexity index is 445. The van der Waals surface area contributed by atoms with Crippen LogP contribution in [0.5, 0.6) is 5.88 Å². The maximum absolute atomic E-state index is 11.5. The summed E-state index contributed by atoms with van der Waals surface area (Å²) in [7, 11) is 2.86. The van der Waals surface area contributed by atoms with Crippen molar-refractivity contribution in [3.8, 4) is 5.88 Å². The molecule has 106 valence electrons. The minimum absolute atomic E-state index is 0.100. The second-order valence-electron chi connectivity index (χ2n) is 3.67. The fourth-order valence-corrected chi connectivity index (χ4v) is 1.39. The third-order valence-electron chi connectivity index (χ3n) is 2.25. The SMILES string of the molecule is COCCCNC(=O)Cn1cc([N+](=O)[O-])c(OC)n1. The molecule has 0 aliphatic carbocycles. The molecule has 0 unspecified atom stereocenters. The summed E-state index contributed by atoms with van der Waals surface area (Å²) in [6.45, 7) is 0.936. The zero-order chi connectivity index (χ0) is 14.3. The quantitative estimate of drug-likeness (QED) is 0.404. The molecule has 1 N–H and O–H groups in total. The Hall–Kier alpha value is -2.16. The number of nitro groups is 1. The fraction of sp³-hybridized carbons (Fsp3) is 0.600. The lowest BCUT2D eigenvalue weighted by atomic mass is 10.4. The summed E-state index contributed by atoms with van der Waals surface area (Å²) >= 11 is 0. The Balaban J connectivity index is 2.52. The first-order valence-electron chi connectivity index (χ1n) is 5.60. The van der Waals surface area contributed by atoms with E-state index in [1.165, 1.54) is 11.8 Å². The standard InChI is InChI=1S/C10H16N4O5/c1-18-5-3-4-11-9(15)7-13-6-8(14(16)17)10(12-13)19-2/h6H,3-5,7H2,1-2H3,(H,11,15). The average molecular weight is 272 g/mol. The van der Waals surface area contributed by atoms with Gasteiger partial charge in [-0.1, -0.05) is 0 Å². The number of carbonyl (C=O) groups excluding carboxylic acids is 1. The maximum atomic E-state index is 11.5. The Morgan fingerprint density at radius 3 is 2.84 bits per heavy atom. The number of hydrogen-bond acceptors (Lipinski definition) is 6. The Kier molecular flexibility index (Phi) is 5.73. The molecule has 0 saturated heterocycles. The second kappa shape index (κ2) is 7.31. The number of methoxy groups -OCH3 is 2. The van der Waals surface area contributed by atoms with Gasteiger partial charge in [-0.05, 0) is 6.42 Å². The van der Waals surface area contributed by atoms with Gasteiger partial charge in [-0.2, -0.15) is 0 Å². The number of aromatic nitrogens is 2. The first-order valence-corrected chi connectivity index (χ1v) is 5.60. The van der Waals surface area contributed by atoms with Crippen molar-refractivity contribution in [3.63, 3.8) is 0 Å². The molecular weight excluding hydrogens is 256 g/mol. The van der Waals surface area contributed by atoms with Crippen LogP contribution in [0.1, 0.15) is 6.42 Å². The molecule has 1 amide bonds. The van der Waals surface area contributed by atoms with Crippen LogP contribution >= 0.6 is 0 Å². The molecule has 19 heavy (non-hydrogen) atoms. The Morgan fingerprint density at radius 2 is 2.32 bits per heavy atom. The number of hydrogen-bond donors (Lipinski definition) is 1. The molecule has 9 nitrogen and oxygen atoms in total. The van der Waals surface area contributed by atoms with Gasteiger partial charge in [-0.3, -0.25) is 19.6 Å². The molecule has 1 aromatic heterocycles. The molecule has 1 aromatic rings. The van der Waals surface area contributed by atoms with Crippen LogP contribution in [0.25, 0.3) is 0 Å². The summed E-state index contributed by atoms with van der Waals surface area (Å²) in [4.78, 5) is 21.6. The van der Waals surface area contributed by atoms with Crippen molar-refractivity contribution < 1.29 is 19.2 Å². The monoisotopic (exact) mass is 272 g/mol. The summed E-state index contributed by atoms with van der Waals surface area (Å²) in [5.74, 6) is -0.395. The van der Waals surface area contributed by atoms with E-state index in [0.717, 1.165) is 6.20 Å². The van der Waals surface area contributed by atoms with Gasteiger partial charge in [0, 0.05) is 20.3 Å². The third kappa shape index (κ3) is 4.54. The molecule has 0 aliphatic heterocycles. The van der Waals surface area contributed by atoms with Crippen LogP contribution in [-0.2, 0) is 16.1 Å². The van der Waals surface area contributed by atoms with Gasteiger partial charge in [0.15, 0.2) is 0 Å². The van der Waals surface area contributed by atoms with Gasteiger partial charge in [0.1, 0.15) is 12.7 Å². The minimum atomic E-state index is -0.612. The summed E-state index contributed by atoms with van der Waals surface area (Å²) in [5, 5.41) is 17.1. The molecule has 0 aromatic carbocycles. The maximum Gasteiger partial charge on any atom is 0.350 e. The Morgan fingerprint density at radius 1 is 1.58 bits per heavy atom. The van der Waals surface area contributed by atoms with E-state index in [-0.39, 0.29) is 24.0 Å². The van der Waals surface area contributed by atoms with Crippen molar-refractivity contribution in [2.45, 2.75) is 13.0 Å². The van der Waals surface area contributed by atoms with Gasteiger partial charge < -0.3 is 14.8 Å². The molecule has 0 spiro atoms. The van der Waals surface area contributed by atoms with Gasteiger partial charge in [0.2, 0.25) is 5.91 Å². The normalized spacial score (nSPS) is 10.2. The fourth-order valence-electron chi connectivity index (χ4n) is 1.39. The van der Waals surface area contributed by atoms with Crippen molar-refractivity contribution in [3.05, 3.63) is 16.3 Å². The highest BCUT2D eigenvalue weighted by molar-refractivity contribution is 5.75. The van der Waals surface area contributed by atoms with E-state index in [1.807, 2.05) is 0 Å². The first kappa shape index (κ1) is 14.9. The van der Waals surface area contributed by atoms with E-state index in [4.69, 9.17) is 9.47 Å². The highest BCUT2D eigenvalue weighted by atomic mass is 16.6. The number of ether oxygens (including phenoxy) is 2. The van der Waals surface area contributed by atoms with E-state index in [1.54, 1.807) is 7.11 Å². The van der Waals surface area contributed by atoms with E-state index in [2.05, 4.69) is 10.4 Å². The highest BCUT2D eigenvalue weighted by Gasteiger charge is 2.20. The number of rotatable bonds is 8. The van der Waals surface area contributed by atoms with Crippen molar-refractivity contribution in [1.29, 1.82) is 0 Å². The third-order valence-corrected chi connectivity index (χ3v) is 2.25. The summed E-state index contributed by atoms with van der Waals surface area (Å²) in [5.41, 5.74) is -0.269. The first-order chi connectivity index (χ1) is 9.08. The molecule has 0 aliphatic rings. The molecule has 0 bridgehead atoms. The topological polar surface area (TPSA) is 109 Å². The highest BCUT2D eigenvalue weighted by Crippen LogP contribution is 2.23. The van der Waals surface area contributed by atoms with Crippen molar-refractivity contribution in [1.82, 2.24) is 15.1 Å².